The maximum atomic E-state index is 10.5. The average Bonchev–Trinajstić information content (AvgIpc) is 3.28. The SMILES string of the molecule is CCNC(=NCC(O)c1cc2ccccc2s1)NCCCc1nc(C)no1.I. The van der Waals surface area contributed by atoms with Gasteiger partial charge in [-0.15, -0.1) is 35.3 Å². The monoisotopic (exact) mass is 515 g/mol. The number of aromatic nitrogens is 2. The average molecular weight is 515 g/mol. The van der Waals surface area contributed by atoms with Gasteiger partial charge < -0.3 is 20.3 Å². The standard InChI is InChI=1S/C19H25N5O2S.HI/c1-3-20-19(21-10-6-9-18-23-13(2)24-26-18)22-12-15(25)17-11-14-7-4-5-8-16(14)27-17;/h4-5,7-8,11,15,25H,3,6,9-10,12H2,1-2H3,(H2,20,21,22);1H. The zero-order valence-electron chi connectivity index (χ0n) is 16.0. The molecule has 9 heteroatoms. The molecule has 0 bridgehead atoms. The maximum Gasteiger partial charge on any atom is 0.226 e. The number of thiophene rings is 1. The molecular weight excluding hydrogens is 489 g/mol. The maximum absolute atomic E-state index is 10.5. The lowest BCUT2D eigenvalue weighted by atomic mass is 10.2. The van der Waals surface area contributed by atoms with Crippen molar-refractivity contribution >= 4 is 51.4 Å². The number of aryl methyl sites for hydroxylation is 2. The molecule has 1 atom stereocenters. The number of aliphatic hydroxyl groups is 1. The summed E-state index contributed by atoms with van der Waals surface area (Å²) in [4.78, 5) is 9.63. The molecule has 28 heavy (non-hydrogen) atoms. The lowest BCUT2D eigenvalue weighted by Crippen LogP contribution is -2.38. The Morgan fingerprint density at radius 2 is 2.14 bits per heavy atom. The first kappa shape index (κ1) is 22.6. The Morgan fingerprint density at radius 3 is 2.86 bits per heavy atom. The van der Waals surface area contributed by atoms with Crippen molar-refractivity contribution in [2.45, 2.75) is 32.8 Å². The van der Waals surface area contributed by atoms with Gasteiger partial charge in [0.05, 0.1) is 6.54 Å². The summed E-state index contributed by atoms with van der Waals surface area (Å²) < 4.78 is 6.28. The van der Waals surface area contributed by atoms with Gasteiger partial charge in [-0.25, -0.2) is 0 Å². The summed E-state index contributed by atoms with van der Waals surface area (Å²) in [7, 11) is 0. The molecule has 0 saturated heterocycles. The van der Waals surface area contributed by atoms with E-state index in [1.165, 1.54) is 4.70 Å². The van der Waals surface area contributed by atoms with Crippen LogP contribution in [-0.4, -0.2) is 40.8 Å². The van der Waals surface area contributed by atoms with Gasteiger partial charge in [-0.3, -0.25) is 4.99 Å². The van der Waals surface area contributed by atoms with Crippen LogP contribution >= 0.6 is 35.3 Å². The van der Waals surface area contributed by atoms with Gasteiger partial charge in [0.2, 0.25) is 5.89 Å². The van der Waals surface area contributed by atoms with Crippen LogP contribution in [0.3, 0.4) is 0 Å². The van der Waals surface area contributed by atoms with Crippen LogP contribution in [0.1, 0.15) is 36.0 Å². The van der Waals surface area contributed by atoms with Gasteiger partial charge in [0.15, 0.2) is 11.8 Å². The van der Waals surface area contributed by atoms with Crippen molar-refractivity contribution in [3.05, 3.63) is 46.9 Å². The molecule has 0 aliphatic carbocycles. The number of halogens is 1. The highest BCUT2D eigenvalue weighted by atomic mass is 127. The normalized spacial score (nSPS) is 12.6. The summed E-state index contributed by atoms with van der Waals surface area (Å²) in [5.74, 6) is 2.00. The number of hydrogen-bond acceptors (Lipinski definition) is 6. The molecule has 0 saturated carbocycles. The van der Waals surface area contributed by atoms with E-state index in [0.717, 1.165) is 36.2 Å². The molecule has 2 heterocycles. The van der Waals surface area contributed by atoms with Crippen LogP contribution in [0.2, 0.25) is 0 Å². The van der Waals surface area contributed by atoms with Crippen molar-refractivity contribution in [3.8, 4) is 0 Å². The molecule has 1 aromatic carbocycles. The number of benzene rings is 1. The molecule has 3 rings (SSSR count). The van der Waals surface area contributed by atoms with Crippen molar-refractivity contribution in [3.63, 3.8) is 0 Å². The Hall–Kier alpha value is -1.72. The van der Waals surface area contributed by atoms with Crippen molar-refractivity contribution in [1.29, 1.82) is 0 Å². The van der Waals surface area contributed by atoms with Gasteiger partial charge in [0, 0.05) is 29.1 Å². The van der Waals surface area contributed by atoms with E-state index in [4.69, 9.17) is 4.52 Å². The first-order chi connectivity index (χ1) is 13.2. The van der Waals surface area contributed by atoms with E-state index in [1.807, 2.05) is 32.0 Å². The fraction of sp³-hybridized carbons (Fsp3) is 0.421. The van der Waals surface area contributed by atoms with E-state index in [2.05, 4.69) is 37.9 Å². The molecule has 0 fully saturated rings. The van der Waals surface area contributed by atoms with Crippen molar-refractivity contribution < 1.29 is 9.63 Å². The van der Waals surface area contributed by atoms with Gasteiger partial charge in [0.25, 0.3) is 0 Å². The fourth-order valence-corrected chi connectivity index (χ4v) is 3.71. The Balaban J connectivity index is 0.00000280. The second-order valence-corrected chi connectivity index (χ2v) is 7.30. The molecule has 0 aliphatic rings. The minimum Gasteiger partial charge on any atom is -0.386 e. The number of fused-ring (bicyclic) bond motifs is 1. The van der Waals surface area contributed by atoms with Gasteiger partial charge >= 0.3 is 0 Å². The Kier molecular flexibility index (Phi) is 9.13. The lowest BCUT2D eigenvalue weighted by Gasteiger charge is -2.12. The highest BCUT2D eigenvalue weighted by Crippen LogP contribution is 2.29. The van der Waals surface area contributed by atoms with Crippen LogP contribution in [0, 0.1) is 6.92 Å². The van der Waals surface area contributed by atoms with Crippen molar-refractivity contribution in [2.75, 3.05) is 19.6 Å². The zero-order valence-corrected chi connectivity index (χ0v) is 19.2. The molecular formula is C19H26IN5O2S. The molecule has 152 valence electrons. The summed E-state index contributed by atoms with van der Waals surface area (Å²) in [6.45, 7) is 5.62. The number of aliphatic hydroxyl groups excluding tert-OH is 1. The van der Waals surface area contributed by atoms with Crippen LogP contribution < -0.4 is 10.6 Å². The highest BCUT2D eigenvalue weighted by molar-refractivity contribution is 14.0. The molecule has 0 amide bonds. The second-order valence-electron chi connectivity index (χ2n) is 6.19. The quantitative estimate of drug-likeness (QED) is 0.184. The predicted octanol–water partition coefficient (Wildman–Crippen LogP) is 3.43. The van der Waals surface area contributed by atoms with Gasteiger partial charge in [0.1, 0.15) is 6.10 Å². The topological polar surface area (TPSA) is 95.6 Å². The van der Waals surface area contributed by atoms with E-state index in [0.29, 0.717) is 24.2 Å². The van der Waals surface area contributed by atoms with Crippen LogP contribution in [0.4, 0.5) is 0 Å². The second kappa shape index (κ2) is 11.3. The van der Waals surface area contributed by atoms with Crippen LogP contribution in [0.5, 0.6) is 0 Å². The first-order valence-corrected chi connectivity index (χ1v) is 9.95. The van der Waals surface area contributed by atoms with Gasteiger partial charge in [-0.2, -0.15) is 4.98 Å². The number of guanidine groups is 1. The number of aliphatic imine (C=N–C) groups is 1. The molecule has 3 N–H and O–H groups in total. The number of hydrogen-bond donors (Lipinski definition) is 3. The molecule has 3 aromatic rings. The summed E-state index contributed by atoms with van der Waals surface area (Å²) in [6.07, 6.45) is 0.960. The van der Waals surface area contributed by atoms with E-state index in [-0.39, 0.29) is 24.0 Å². The van der Waals surface area contributed by atoms with Gasteiger partial charge in [-0.1, -0.05) is 23.4 Å². The highest BCUT2D eigenvalue weighted by Gasteiger charge is 2.11. The predicted molar refractivity (Wildman–Crippen MR) is 124 cm³/mol. The largest absolute Gasteiger partial charge is 0.386 e. The number of nitrogens with one attached hydrogen (secondary N) is 2. The molecule has 1 unspecified atom stereocenters. The van der Waals surface area contributed by atoms with Crippen molar-refractivity contribution in [2.24, 2.45) is 4.99 Å². The molecule has 0 spiro atoms. The Bertz CT molecular complexity index is 862. The molecule has 0 aliphatic heterocycles. The fourth-order valence-electron chi connectivity index (χ4n) is 2.66. The van der Waals surface area contributed by atoms with E-state index in [9.17, 15) is 5.11 Å². The Morgan fingerprint density at radius 1 is 1.32 bits per heavy atom. The van der Waals surface area contributed by atoms with E-state index in [1.54, 1.807) is 11.3 Å². The number of rotatable bonds is 8. The smallest absolute Gasteiger partial charge is 0.226 e. The minimum atomic E-state index is -0.612. The van der Waals surface area contributed by atoms with Crippen LogP contribution in [0.25, 0.3) is 10.1 Å². The third-order valence-electron chi connectivity index (χ3n) is 3.97. The summed E-state index contributed by atoms with van der Waals surface area (Å²) in [5.41, 5.74) is 0. The first-order valence-electron chi connectivity index (χ1n) is 9.13. The molecule has 7 nitrogen and oxygen atoms in total. The Labute approximate surface area is 185 Å². The summed E-state index contributed by atoms with van der Waals surface area (Å²) >= 11 is 1.61. The zero-order chi connectivity index (χ0) is 19.1. The van der Waals surface area contributed by atoms with E-state index >= 15 is 0 Å². The minimum absolute atomic E-state index is 0. The summed E-state index contributed by atoms with van der Waals surface area (Å²) in [6, 6.07) is 10.2. The molecule has 2 aromatic heterocycles. The van der Waals surface area contributed by atoms with Crippen LogP contribution in [-0.2, 0) is 6.42 Å². The van der Waals surface area contributed by atoms with Crippen LogP contribution in [0.15, 0.2) is 39.8 Å². The third kappa shape index (κ3) is 6.42. The van der Waals surface area contributed by atoms with E-state index < -0.39 is 6.10 Å². The third-order valence-corrected chi connectivity index (χ3v) is 5.19. The summed E-state index contributed by atoms with van der Waals surface area (Å²) in [5, 5.41) is 21.9. The lowest BCUT2D eigenvalue weighted by molar-refractivity contribution is 0.191. The number of nitrogens with zero attached hydrogens (tertiary/aromatic N) is 3. The molecule has 0 radical (unpaired) electrons. The van der Waals surface area contributed by atoms with Gasteiger partial charge in [-0.05, 0) is 37.8 Å². The van der Waals surface area contributed by atoms with Crippen molar-refractivity contribution in [1.82, 2.24) is 20.8 Å².